The van der Waals surface area contributed by atoms with E-state index in [0.717, 1.165) is 11.1 Å². The maximum absolute atomic E-state index is 13.3. The smallest absolute Gasteiger partial charge is 0.365 e. The molecule has 1 N–H and O–H groups in total. The predicted octanol–water partition coefficient (Wildman–Crippen LogP) is 4.77. The summed E-state index contributed by atoms with van der Waals surface area (Å²) in [6.07, 6.45) is -4.60. The number of hydrogen-bond donors (Lipinski definition) is 1. The average molecular weight is 408 g/mol. The lowest BCUT2D eigenvalue weighted by Gasteiger charge is -2.45. The Kier molecular flexibility index (Phi) is 5.52. The first-order chi connectivity index (χ1) is 13.2. The van der Waals surface area contributed by atoms with Gasteiger partial charge in [0, 0.05) is 30.9 Å². The highest BCUT2D eigenvalue weighted by Gasteiger charge is 2.36. The first kappa shape index (κ1) is 20.0. The van der Waals surface area contributed by atoms with Gasteiger partial charge in [-0.2, -0.15) is 18.4 Å². The number of piperazine rings is 1. The van der Waals surface area contributed by atoms with Crippen LogP contribution in [0.3, 0.4) is 0 Å². The second kappa shape index (κ2) is 7.72. The Bertz CT molecular complexity index is 892. The standard InChI is InChI=1S/C19H19F3N4OS/c1-12-11-26(18(27)24-17-4-3-7-28-17)13(2)10-25(12)15-6-5-14(9-23)16(8-15)19(20,21)22/h3-8,12-13H,10-11H2,1-2H3,(H,24,27)/t12-,13+/m1/s1. The molecule has 1 aromatic carbocycles. The summed E-state index contributed by atoms with van der Waals surface area (Å²) in [6, 6.07) is 8.39. The lowest BCUT2D eigenvalue weighted by atomic mass is 10.0. The fourth-order valence-electron chi connectivity index (χ4n) is 3.34. The number of alkyl halides is 3. The van der Waals surface area contributed by atoms with E-state index in [9.17, 15) is 18.0 Å². The third-order valence-corrected chi connectivity index (χ3v) is 5.54. The molecule has 28 heavy (non-hydrogen) atoms. The van der Waals surface area contributed by atoms with Crippen LogP contribution in [0.25, 0.3) is 0 Å². The summed E-state index contributed by atoms with van der Waals surface area (Å²) < 4.78 is 39.8. The average Bonchev–Trinajstić information content (AvgIpc) is 3.15. The number of halogens is 3. The number of carbonyl (C=O) groups is 1. The second-order valence-corrected chi connectivity index (χ2v) is 7.70. The van der Waals surface area contributed by atoms with Gasteiger partial charge in [-0.05, 0) is 49.6 Å². The molecule has 1 aliphatic heterocycles. The Morgan fingerprint density at radius 2 is 2.00 bits per heavy atom. The van der Waals surface area contributed by atoms with Crippen LogP contribution in [0, 0.1) is 11.3 Å². The third kappa shape index (κ3) is 4.07. The van der Waals surface area contributed by atoms with Crippen LogP contribution in [-0.4, -0.2) is 36.1 Å². The first-order valence-electron chi connectivity index (χ1n) is 8.70. The van der Waals surface area contributed by atoms with Gasteiger partial charge in [-0.1, -0.05) is 0 Å². The molecular formula is C19H19F3N4OS. The molecule has 9 heteroatoms. The molecule has 0 radical (unpaired) electrons. The van der Waals surface area contributed by atoms with E-state index in [1.54, 1.807) is 11.0 Å². The summed E-state index contributed by atoms with van der Waals surface area (Å²) in [5.41, 5.74) is -0.944. The van der Waals surface area contributed by atoms with Crippen molar-refractivity contribution >= 4 is 28.1 Å². The molecule has 2 amide bonds. The third-order valence-electron chi connectivity index (χ3n) is 4.76. The van der Waals surface area contributed by atoms with Crippen molar-refractivity contribution in [3.63, 3.8) is 0 Å². The van der Waals surface area contributed by atoms with E-state index in [2.05, 4.69) is 5.32 Å². The molecule has 3 rings (SSSR count). The van der Waals surface area contributed by atoms with E-state index >= 15 is 0 Å². The number of anilines is 2. The zero-order valence-corrected chi connectivity index (χ0v) is 16.1. The molecular weight excluding hydrogens is 389 g/mol. The molecule has 1 aromatic heterocycles. The minimum Gasteiger partial charge on any atom is -0.365 e. The van der Waals surface area contributed by atoms with Gasteiger partial charge in [-0.3, -0.25) is 5.32 Å². The molecule has 1 saturated heterocycles. The molecule has 1 aliphatic rings. The largest absolute Gasteiger partial charge is 0.417 e. The Morgan fingerprint density at radius 1 is 1.25 bits per heavy atom. The summed E-state index contributed by atoms with van der Waals surface area (Å²) in [6.45, 7) is 4.49. The van der Waals surface area contributed by atoms with Crippen LogP contribution in [0.1, 0.15) is 25.0 Å². The number of benzene rings is 1. The van der Waals surface area contributed by atoms with Crippen molar-refractivity contribution in [3.8, 4) is 6.07 Å². The van der Waals surface area contributed by atoms with E-state index in [1.165, 1.54) is 23.5 Å². The van der Waals surface area contributed by atoms with Crippen molar-refractivity contribution in [1.29, 1.82) is 5.26 Å². The number of carbonyl (C=O) groups excluding carboxylic acids is 1. The van der Waals surface area contributed by atoms with E-state index in [0.29, 0.717) is 18.8 Å². The molecule has 148 valence electrons. The van der Waals surface area contributed by atoms with Crippen LogP contribution in [0.4, 0.5) is 28.7 Å². The highest BCUT2D eigenvalue weighted by Crippen LogP contribution is 2.35. The van der Waals surface area contributed by atoms with Crippen LogP contribution in [0.15, 0.2) is 35.7 Å². The van der Waals surface area contributed by atoms with Gasteiger partial charge in [0.2, 0.25) is 0 Å². The fourth-order valence-corrected chi connectivity index (χ4v) is 3.95. The second-order valence-electron chi connectivity index (χ2n) is 6.75. The normalized spacial score (nSPS) is 20.0. The molecule has 2 atom stereocenters. The number of rotatable bonds is 2. The van der Waals surface area contributed by atoms with Gasteiger partial charge in [0.15, 0.2) is 0 Å². The Labute approximate surface area is 165 Å². The highest BCUT2D eigenvalue weighted by atomic mass is 32.1. The van der Waals surface area contributed by atoms with Crippen molar-refractivity contribution in [2.24, 2.45) is 0 Å². The van der Waals surface area contributed by atoms with Crippen LogP contribution >= 0.6 is 11.3 Å². The molecule has 0 aliphatic carbocycles. The van der Waals surface area contributed by atoms with E-state index in [1.807, 2.05) is 36.3 Å². The van der Waals surface area contributed by atoms with E-state index in [4.69, 9.17) is 5.26 Å². The number of nitrogens with one attached hydrogen (secondary N) is 1. The maximum atomic E-state index is 13.3. The Hall–Kier alpha value is -2.73. The first-order valence-corrected chi connectivity index (χ1v) is 9.57. The van der Waals surface area contributed by atoms with Gasteiger partial charge >= 0.3 is 12.2 Å². The number of thiophene rings is 1. The minimum atomic E-state index is -4.60. The lowest BCUT2D eigenvalue weighted by molar-refractivity contribution is -0.137. The summed E-state index contributed by atoms with van der Waals surface area (Å²) in [5.74, 6) is 0. The Balaban J connectivity index is 1.79. The zero-order chi connectivity index (χ0) is 20.5. The van der Waals surface area contributed by atoms with Crippen LogP contribution in [0.5, 0.6) is 0 Å². The number of amides is 2. The van der Waals surface area contributed by atoms with Crippen molar-refractivity contribution < 1.29 is 18.0 Å². The topological polar surface area (TPSA) is 59.4 Å². The SMILES string of the molecule is C[C@@H]1CN(C(=O)Nc2cccs2)[C@@H](C)CN1c1ccc(C#N)c(C(F)(F)F)c1. The van der Waals surface area contributed by atoms with Gasteiger partial charge in [0.05, 0.1) is 22.2 Å². The molecule has 0 spiro atoms. The summed E-state index contributed by atoms with van der Waals surface area (Å²) >= 11 is 1.42. The lowest BCUT2D eigenvalue weighted by Crippen LogP contribution is -2.59. The summed E-state index contributed by atoms with van der Waals surface area (Å²) in [4.78, 5) is 16.1. The maximum Gasteiger partial charge on any atom is 0.417 e. The van der Waals surface area contributed by atoms with Crippen molar-refractivity contribution in [3.05, 3.63) is 46.8 Å². The molecule has 1 fully saturated rings. The van der Waals surface area contributed by atoms with Gasteiger partial charge in [-0.25, -0.2) is 4.79 Å². The highest BCUT2D eigenvalue weighted by molar-refractivity contribution is 7.14. The van der Waals surface area contributed by atoms with Crippen LogP contribution < -0.4 is 10.2 Å². The Morgan fingerprint density at radius 3 is 2.61 bits per heavy atom. The monoisotopic (exact) mass is 408 g/mol. The number of nitriles is 1. The summed E-state index contributed by atoms with van der Waals surface area (Å²) in [7, 11) is 0. The number of urea groups is 1. The van der Waals surface area contributed by atoms with Gasteiger partial charge in [0.1, 0.15) is 0 Å². The quantitative estimate of drug-likeness (QED) is 0.779. The minimum absolute atomic E-state index is 0.181. The van der Waals surface area contributed by atoms with Crippen LogP contribution in [0.2, 0.25) is 0 Å². The number of hydrogen-bond acceptors (Lipinski definition) is 4. The molecule has 0 unspecified atom stereocenters. The predicted molar refractivity (Wildman–Crippen MR) is 102 cm³/mol. The van der Waals surface area contributed by atoms with Crippen LogP contribution in [-0.2, 0) is 6.18 Å². The van der Waals surface area contributed by atoms with Crippen molar-refractivity contribution in [2.45, 2.75) is 32.1 Å². The number of nitrogens with zero attached hydrogens (tertiary/aromatic N) is 3. The van der Waals surface area contributed by atoms with Gasteiger partial charge < -0.3 is 9.80 Å². The molecule has 2 aromatic rings. The summed E-state index contributed by atoms with van der Waals surface area (Å²) in [5, 5.41) is 14.4. The van der Waals surface area contributed by atoms with Gasteiger partial charge in [0.25, 0.3) is 0 Å². The van der Waals surface area contributed by atoms with E-state index < -0.39 is 17.3 Å². The van der Waals surface area contributed by atoms with Gasteiger partial charge in [-0.15, -0.1) is 11.3 Å². The molecule has 2 heterocycles. The molecule has 0 bridgehead atoms. The zero-order valence-electron chi connectivity index (χ0n) is 15.3. The fraction of sp³-hybridized carbons (Fsp3) is 0.368. The van der Waals surface area contributed by atoms with E-state index in [-0.39, 0.29) is 18.1 Å². The molecule has 0 saturated carbocycles. The van der Waals surface area contributed by atoms with Crippen molar-refractivity contribution in [2.75, 3.05) is 23.3 Å². The van der Waals surface area contributed by atoms with Crippen molar-refractivity contribution in [1.82, 2.24) is 4.90 Å². The molecule has 5 nitrogen and oxygen atoms in total.